The molecule has 14 nitrogen and oxygen atoms in total. The molecule has 0 aromatic carbocycles. The summed E-state index contributed by atoms with van der Waals surface area (Å²) in [5.74, 6) is -0.441. The van der Waals surface area contributed by atoms with Crippen molar-refractivity contribution in [3.8, 4) is 0 Å². The van der Waals surface area contributed by atoms with Gasteiger partial charge in [-0.2, -0.15) is 0 Å². The number of phosphoric acid groups is 2. The van der Waals surface area contributed by atoms with Crippen molar-refractivity contribution in [3.63, 3.8) is 0 Å². The molecule has 0 rings (SSSR count). The Morgan fingerprint density at radius 3 is 1.96 bits per heavy atom. The zero-order valence-electron chi connectivity index (χ0n) is 33.3. The highest BCUT2D eigenvalue weighted by atomic mass is 31.2. The van der Waals surface area contributed by atoms with E-state index in [0.717, 1.165) is 32.1 Å². The number of esters is 2. The minimum atomic E-state index is -4.87. The normalized spacial score (nSPS) is 15.4. The Labute approximate surface area is 329 Å². The Morgan fingerprint density at radius 2 is 1.27 bits per heavy atom. The number of carbonyl (C=O) groups excluding carboxylic acids is 2. The van der Waals surface area contributed by atoms with Gasteiger partial charge in [-0.05, 0) is 50.9 Å². The largest absolute Gasteiger partial charge is 0.472 e. The third-order valence-corrected chi connectivity index (χ3v) is 9.41. The Kier molecular flexibility index (Phi) is 32.9. The lowest BCUT2D eigenvalue weighted by Crippen LogP contribution is -2.30. The second-order valence-corrected chi connectivity index (χ2v) is 16.6. The molecular weight excluding hydrogens is 754 g/mol. The van der Waals surface area contributed by atoms with E-state index < -0.39 is 72.3 Å². The highest BCUT2D eigenvalue weighted by Gasteiger charge is 2.28. The number of hydrogen-bond acceptors (Lipinski definition) is 11. The van der Waals surface area contributed by atoms with E-state index in [1.54, 1.807) is 6.08 Å². The molecular formula is C39H70O14P2. The highest BCUT2D eigenvalue weighted by Crippen LogP contribution is 2.43. The van der Waals surface area contributed by atoms with Gasteiger partial charge in [-0.3, -0.25) is 23.2 Å². The first-order valence-corrected chi connectivity index (χ1v) is 22.8. The number of hydrogen-bond donors (Lipinski definition) is 5. The minimum absolute atomic E-state index is 0.0843. The van der Waals surface area contributed by atoms with Crippen LogP contribution < -0.4 is 0 Å². The fourth-order valence-electron chi connectivity index (χ4n) is 4.90. The van der Waals surface area contributed by atoms with E-state index in [0.29, 0.717) is 38.0 Å². The molecule has 0 aliphatic heterocycles. The molecule has 0 spiro atoms. The summed E-state index contributed by atoms with van der Waals surface area (Å²) >= 11 is 0. The van der Waals surface area contributed by atoms with Gasteiger partial charge in [0.1, 0.15) is 12.7 Å². The van der Waals surface area contributed by atoms with Crippen molar-refractivity contribution >= 4 is 27.6 Å². The average Bonchev–Trinajstić information content (AvgIpc) is 3.12. The van der Waals surface area contributed by atoms with Crippen LogP contribution in [0.4, 0.5) is 0 Å². The minimum Gasteiger partial charge on any atom is -0.462 e. The van der Waals surface area contributed by atoms with Gasteiger partial charge in [-0.15, -0.1) is 0 Å². The highest BCUT2D eigenvalue weighted by molar-refractivity contribution is 7.47. The number of aliphatic hydroxyl groups excluding tert-OH is 2. The average molecular weight is 825 g/mol. The van der Waals surface area contributed by atoms with Crippen molar-refractivity contribution in [2.45, 2.75) is 155 Å². The molecule has 0 aliphatic carbocycles. The number of carbonyl (C=O) groups is 2. The third kappa shape index (κ3) is 38.7. The van der Waals surface area contributed by atoms with Crippen molar-refractivity contribution in [2.75, 3.05) is 26.4 Å². The van der Waals surface area contributed by atoms with Crippen LogP contribution in [0.1, 0.15) is 136 Å². The van der Waals surface area contributed by atoms with E-state index in [9.17, 15) is 33.8 Å². The molecule has 0 saturated carbocycles. The van der Waals surface area contributed by atoms with Crippen LogP contribution in [0.2, 0.25) is 0 Å². The van der Waals surface area contributed by atoms with Gasteiger partial charge in [0.25, 0.3) is 0 Å². The van der Waals surface area contributed by atoms with Crippen LogP contribution in [0.5, 0.6) is 0 Å². The molecule has 0 aromatic heterocycles. The number of unbranched alkanes of at least 4 members (excludes halogenated alkanes) is 10. The maximum atomic E-state index is 12.6. The van der Waals surface area contributed by atoms with Crippen molar-refractivity contribution in [1.29, 1.82) is 0 Å². The first-order chi connectivity index (χ1) is 26.1. The van der Waals surface area contributed by atoms with Gasteiger partial charge >= 0.3 is 27.6 Å². The van der Waals surface area contributed by atoms with E-state index >= 15 is 0 Å². The molecule has 0 aliphatic rings. The number of allylic oxidation sites excluding steroid dienone is 6. The predicted molar refractivity (Wildman–Crippen MR) is 213 cm³/mol. The van der Waals surface area contributed by atoms with Crippen LogP contribution in [-0.4, -0.2) is 81.6 Å². The smallest absolute Gasteiger partial charge is 0.462 e. The molecule has 4 atom stereocenters. The summed E-state index contributed by atoms with van der Waals surface area (Å²) in [4.78, 5) is 52.4. The summed E-state index contributed by atoms with van der Waals surface area (Å²) in [5, 5.41) is 19.8. The summed E-state index contributed by atoms with van der Waals surface area (Å²) in [7, 11) is -9.70. The van der Waals surface area contributed by atoms with E-state index in [4.69, 9.17) is 23.8 Å². The summed E-state index contributed by atoms with van der Waals surface area (Å²) in [6.45, 7) is 3.77. The van der Waals surface area contributed by atoms with Crippen molar-refractivity contribution < 1.29 is 66.7 Å². The molecule has 0 fully saturated rings. The molecule has 0 bridgehead atoms. The summed E-state index contributed by atoms with van der Waals surface area (Å²) in [5.41, 5.74) is 0. The monoisotopic (exact) mass is 824 g/mol. The fourth-order valence-corrected chi connectivity index (χ4v) is 6.05. The molecule has 0 aromatic rings. The van der Waals surface area contributed by atoms with E-state index in [-0.39, 0.29) is 12.8 Å². The van der Waals surface area contributed by atoms with Crippen LogP contribution >= 0.6 is 15.6 Å². The van der Waals surface area contributed by atoms with E-state index in [1.165, 1.54) is 38.5 Å². The molecule has 0 radical (unpaired) electrons. The van der Waals surface area contributed by atoms with Crippen LogP contribution in [0.15, 0.2) is 48.6 Å². The van der Waals surface area contributed by atoms with Gasteiger partial charge in [0, 0.05) is 12.8 Å². The van der Waals surface area contributed by atoms with Gasteiger partial charge in [-0.1, -0.05) is 127 Å². The third-order valence-electron chi connectivity index (χ3n) is 7.97. The van der Waals surface area contributed by atoms with Crippen LogP contribution in [0.3, 0.4) is 0 Å². The Morgan fingerprint density at radius 1 is 0.655 bits per heavy atom. The number of phosphoric ester groups is 2. The lowest BCUT2D eigenvalue weighted by Gasteiger charge is -2.20. The number of ether oxygens (including phenoxy) is 2. The van der Waals surface area contributed by atoms with E-state index in [1.807, 2.05) is 36.5 Å². The topological polar surface area (TPSA) is 216 Å². The molecule has 1 unspecified atom stereocenters. The van der Waals surface area contributed by atoms with Gasteiger partial charge in [0.2, 0.25) is 0 Å². The maximum Gasteiger partial charge on any atom is 0.472 e. The summed E-state index contributed by atoms with van der Waals surface area (Å²) in [6.07, 6.45) is 27.5. The Balaban J connectivity index is 4.69. The van der Waals surface area contributed by atoms with Crippen molar-refractivity contribution in [1.82, 2.24) is 0 Å². The molecule has 55 heavy (non-hydrogen) atoms. The summed E-state index contributed by atoms with van der Waals surface area (Å²) < 4.78 is 47.5. The Bertz CT molecular complexity index is 1200. The first kappa shape index (κ1) is 53.0. The SMILES string of the molecule is CCCCC/C=C\C=C/[C@@H](O)C/C=C\C/C=C/CCCC(=O)OC[C@H](COP(=O)(O)OC[C@@H](O)COP(=O)(O)O)OC(=O)CCCCCCCCCC(C)C. The van der Waals surface area contributed by atoms with Gasteiger partial charge in [0.05, 0.1) is 25.9 Å². The van der Waals surface area contributed by atoms with Crippen LogP contribution in [0.25, 0.3) is 0 Å². The van der Waals surface area contributed by atoms with E-state index in [2.05, 4.69) is 35.9 Å². The summed E-state index contributed by atoms with van der Waals surface area (Å²) in [6, 6.07) is 0. The maximum absolute atomic E-state index is 12.6. The molecule has 5 N–H and O–H groups in total. The molecule has 16 heteroatoms. The number of aliphatic hydroxyl groups is 2. The number of rotatable bonds is 36. The van der Waals surface area contributed by atoms with Crippen molar-refractivity contribution in [3.05, 3.63) is 48.6 Å². The van der Waals surface area contributed by atoms with Crippen LogP contribution in [0, 0.1) is 5.92 Å². The quantitative estimate of drug-likeness (QED) is 0.0132. The van der Waals surface area contributed by atoms with Crippen LogP contribution in [-0.2, 0) is 41.8 Å². The Hall–Kier alpha value is -1.96. The predicted octanol–water partition coefficient (Wildman–Crippen LogP) is 8.33. The zero-order valence-corrected chi connectivity index (χ0v) is 35.1. The van der Waals surface area contributed by atoms with Gasteiger partial charge in [0.15, 0.2) is 6.10 Å². The van der Waals surface area contributed by atoms with Gasteiger partial charge in [-0.25, -0.2) is 9.13 Å². The zero-order chi connectivity index (χ0) is 41.2. The van der Waals surface area contributed by atoms with Gasteiger partial charge < -0.3 is 34.4 Å². The molecule has 320 valence electrons. The second kappa shape index (κ2) is 34.1. The molecule has 0 amide bonds. The lowest BCUT2D eigenvalue weighted by atomic mass is 10.0. The fraction of sp³-hybridized carbons (Fsp3) is 0.744. The lowest BCUT2D eigenvalue weighted by molar-refractivity contribution is -0.161. The molecule has 0 heterocycles. The first-order valence-electron chi connectivity index (χ1n) is 19.8. The van der Waals surface area contributed by atoms with Crippen molar-refractivity contribution in [2.24, 2.45) is 5.92 Å². The standard InChI is InChI=1S/C39H70O14P2/c1-4-5-6-7-10-16-21-26-35(40)27-22-17-12-9-13-18-23-28-38(42)49-32-37(33-52-55(47,48)51-31-36(41)30-50-54(44,45)46)53-39(43)29-24-19-14-8-11-15-20-25-34(2)3/h9-10,13,16-17,21-22,26,34-37,40-41H,4-8,11-12,14-15,18-20,23-25,27-33H2,1-3H3,(H,47,48)(H2,44,45,46)/b13-9+,16-10-,22-17-,26-21-/t35-,36+,37-/m1/s1. The molecule has 0 saturated heterocycles. The second-order valence-electron chi connectivity index (χ2n) is 13.9.